The molecule has 0 saturated carbocycles. The second-order valence-corrected chi connectivity index (χ2v) is 7.38. The average molecular weight is 402 g/mol. The van der Waals surface area contributed by atoms with Crippen LogP contribution < -0.4 is 5.32 Å². The molecule has 0 bridgehead atoms. The zero-order valence-corrected chi connectivity index (χ0v) is 17.6. The number of guanidine groups is 1. The van der Waals surface area contributed by atoms with Crippen molar-refractivity contribution >= 4 is 5.96 Å². The summed E-state index contributed by atoms with van der Waals surface area (Å²) in [6, 6.07) is 11.0. The van der Waals surface area contributed by atoms with E-state index in [-0.39, 0.29) is 11.9 Å². The lowest BCUT2D eigenvalue weighted by Gasteiger charge is -2.34. The number of ether oxygens (including phenoxy) is 1. The molecule has 1 unspecified atom stereocenters. The summed E-state index contributed by atoms with van der Waals surface area (Å²) < 4.78 is 21.5. The normalized spacial score (nSPS) is 16.6. The van der Waals surface area contributed by atoms with Gasteiger partial charge in [-0.05, 0) is 36.8 Å². The average Bonchev–Trinajstić information content (AvgIpc) is 3.12. The smallest absolute Gasteiger partial charge is 0.194 e. The highest BCUT2D eigenvalue weighted by Gasteiger charge is 2.23. The zero-order valence-electron chi connectivity index (χ0n) is 17.6. The Labute approximate surface area is 173 Å². The van der Waals surface area contributed by atoms with Gasteiger partial charge in [0.2, 0.25) is 0 Å². The van der Waals surface area contributed by atoms with Gasteiger partial charge in [-0.1, -0.05) is 12.1 Å². The second-order valence-electron chi connectivity index (χ2n) is 7.38. The van der Waals surface area contributed by atoms with Crippen LogP contribution in [0.4, 0.5) is 4.39 Å². The minimum Gasteiger partial charge on any atom is -0.379 e. The fraction of sp³-hybridized carbons (Fsp3) is 0.500. The molecule has 1 fully saturated rings. The third-order valence-electron chi connectivity index (χ3n) is 5.28. The van der Waals surface area contributed by atoms with Gasteiger partial charge in [-0.2, -0.15) is 0 Å². The van der Waals surface area contributed by atoms with Crippen molar-refractivity contribution in [2.24, 2.45) is 12.0 Å². The predicted molar refractivity (Wildman–Crippen MR) is 114 cm³/mol. The van der Waals surface area contributed by atoms with E-state index in [1.165, 1.54) is 11.8 Å². The minimum atomic E-state index is -0.211. The molecule has 1 aliphatic heterocycles. The molecule has 0 amide bonds. The van der Waals surface area contributed by atoms with Gasteiger partial charge < -0.3 is 19.5 Å². The lowest BCUT2D eigenvalue weighted by Crippen LogP contribution is -2.42. The minimum absolute atomic E-state index is 0.0201. The number of aromatic nitrogens is 1. The standard InChI is InChI=1S/C22H32FN5O/c1-4-24-22(27(3)17-20-9-6-10-26(20)2)25-16-21(28-11-13-29-14-12-28)18-7-5-8-19(23)15-18/h5-10,15,21H,4,11-14,16-17H2,1-3H3,(H,24,25). The van der Waals surface area contributed by atoms with E-state index in [9.17, 15) is 4.39 Å². The summed E-state index contributed by atoms with van der Waals surface area (Å²) in [6.45, 7) is 7.22. The van der Waals surface area contributed by atoms with Crippen LogP contribution in [0.15, 0.2) is 47.6 Å². The van der Waals surface area contributed by atoms with Crippen LogP contribution in [-0.2, 0) is 18.3 Å². The van der Waals surface area contributed by atoms with E-state index >= 15 is 0 Å². The number of rotatable bonds is 7. The van der Waals surface area contributed by atoms with Crippen LogP contribution in [0.2, 0.25) is 0 Å². The second kappa shape index (κ2) is 10.4. The molecule has 6 nitrogen and oxygen atoms in total. The Hall–Kier alpha value is -2.38. The van der Waals surface area contributed by atoms with Crippen LogP contribution in [-0.4, -0.2) is 66.8 Å². The molecule has 158 valence electrons. The Balaban J connectivity index is 1.79. The highest BCUT2D eigenvalue weighted by Crippen LogP contribution is 2.23. The summed E-state index contributed by atoms with van der Waals surface area (Å²) in [5.41, 5.74) is 2.17. The number of hydrogen-bond acceptors (Lipinski definition) is 3. The summed E-state index contributed by atoms with van der Waals surface area (Å²) in [4.78, 5) is 9.38. The molecular formula is C22H32FN5O. The predicted octanol–water partition coefficient (Wildman–Crippen LogP) is 2.64. The maximum atomic E-state index is 13.9. The fourth-order valence-corrected chi connectivity index (χ4v) is 3.66. The largest absolute Gasteiger partial charge is 0.379 e. The van der Waals surface area contributed by atoms with Gasteiger partial charge in [0.25, 0.3) is 0 Å². The third-order valence-corrected chi connectivity index (χ3v) is 5.28. The summed E-state index contributed by atoms with van der Waals surface area (Å²) in [5.74, 6) is 0.640. The van der Waals surface area contributed by atoms with Crippen molar-refractivity contribution in [1.82, 2.24) is 19.7 Å². The first-order chi connectivity index (χ1) is 14.1. The molecule has 29 heavy (non-hydrogen) atoms. The number of nitrogens with one attached hydrogen (secondary N) is 1. The maximum absolute atomic E-state index is 13.9. The van der Waals surface area contributed by atoms with Crippen LogP contribution in [0.25, 0.3) is 0 Å². The van der Waals surface area contributed by atoms with Crippen LogP contribution in [0.3, 0.4) is 0 Å². The first-order valence-corrected chi connectivity index (χ1v) is 10.3. The van der Waals surface area contributed by atoms with Crippen molar-refractivity contribution in [1.29, 1.82) is 0 Å². The topological polar surface area (TPSA) is 45.0 Å². The van der Waals surface area contributed by atoms with Crippen molar-refractivity contribution < 1.29 is 9.13 Å². The Morgan fingerprint density at radius 1 is 1.28 bits per heavy atom. The van der Waals surface area contributed by atoms with Crippen molar-refractivity contribution in [2.45, 2.75) is 19.5 Å². The molecule has 1 N–H and O–H groups in total. The number of morpholine rings is 1. The van der Waals surface area contributed by atoms with Gasteiger partial charge in [0.15, 0.2) is 5.96 Å². The van der Waals surface area contributed by atoms with E-state index in [4.69, 9.17) is 9.73 Å². The molecule has 1 aliphatic rings. The summed E-state index contributed by atoms with van der Waals surface area (Å²) in [6.07, 6.45) is 2.05. The van der Waals surface area contributed by atoms with Crippen molar-refractivity contribution in [2.75, 3.05) is 46.4 Å². The number of halogens is 1. The number of benzene rings is 1. The van der Waals surface area contributed by atoms with Gasteiger partial charge in [0.1, 0.15) is 5.82 Å². The molecule has 2 heterocycles. The van der Waals surface area contributed by atoms with Gasteiger partial charge in [0.05, 0.1) is 32.3 Å². The van der Waals surface area contributed by atoms with Crippen LogP contribution in [0, 0.1) is 5.82 Å². The fourth-order valence-electron chi connectivity index (χ4n) is 3.66. The molecule has 1 atom stereocenters. The summed E-state index contributed by atoms with van der Waals surface area (Å²) in [7, 11) is 4.09. The first-order valence-electron chi connectivity index (χ1n) is 10.3. The molecular weight excluding hydrogens is 369 g/mol. The van der Waals surface area contributed by atoms with Crippen LogP contribution in [0.1, 0.15) is 24.2 Å². The zero-order chi connectivity index (χ0) is 20.6. The van der Waals surface area contributed by atoms with E-state index in [2.05, 4.69) is 32.7 Å². The number of aryl methyl sites for hydroxylation is 1. The van der Waals surface area contributed by atoms with Crippen LogP contribution in [0.5, 0.6) is 0 Å². The molecule has 1 aromatic heterocycles. The lowest BCUT2D eigenvalue weighted by molar-refractivity contribution is 0.0179. The van der Waals surface area contributed by atoms with E-state index in [1.54, 1.807) is 12.1 Å². The van der Waals surface area contributed by atoms with Gasteiger partial charge in [0, 0.05) is 45.6 Å². The number of nitrogens with zero attached hydrogens (tertiary/aromatic N) is 4. The van der Waals surface area contributed by atoms with Gasteiger partial charge >= 0.3 is 0 Å². The van der Waals surface area contributed by atoms with Gasteiger partial charge in [-0.15, -0.1) is 0 Å². The molecule has 3 rings (SSSR count). The highest BCUT2D eigenvalue weighted by atomic mass is 19.1. The monoisotopic (exact) mass is 401 g/mol. The summed E-state index contributed by atoms with van der Waals surface area (Å²) in [5, 5.41) is 3.38. The van der Waals surface area contributed by atoms with Gasteiger partial charge in [-0.3, -0.25) is 9.89 Å². The lowest BCUT2D eigenvalue weighted by atomic mass is 10.0. The highest BCUT2D eigenvalue weighted by molar-refractivity contribution is 5.79. The van der Waals surface area contributed by atoms with E-state index in [0.29, 0.717) is 19.8 Å². The molecule has 0 spiro atoms. The molecule has 7 heteroatoms. The molecule has 2 aromatic rings. The SMILES string of the molecule is CCNC(=NCC(c1cccc(F)c1)N1CCOCC1)N(C)Cc1cccn1C. The van der Waals surface area contributed by atoms with Gasteiger partial charge in [-0.25, -0.2) is 4.39 Å². The Morgan fingerprint density at radius 2 is 2.07 bits per heavy atom. The van der Waals surface area contributed by atoms with Crippen LogP contribution >= 0.6 is 0 Å². The van der Waals surface area contributed by atoms with Crippen molar-refractivity contribution in [3.05, 3.63) is 59.7 Å². The molecule has 0 aliphatic carbocycles. The maximum Gasteiger partial charge on any atom is 0.194 e. The van der Waals surface area contributed by atoms with E-state index in [0.717, 1.165) is 37.7 Å². The van der Waals surface area contributed by atoms with Crippen molar-refractivity contribution in [3.63, 3.8) is 0 Å². The Bertz CT molecular complexity index is 800. The number of hydrogen-bond donors (Lipinski definition) is 1. The van der Waals surface area contributed by atoms with E-state index < -0.39 is 0 Å². The Kier molecular flexibility index (Phi) is 7.66. The molecule has 1 saturated heterocycles. The molecule has 1 aromatic carbocycles. The molecule has 0 radical (unpaired) electrons. The third kappa shape index (κ3) is 5.81. The quantitative estimate of drug-likeness (QED) is 0.572. The first kappa shape index (κ1) is 21.3. The van der Waals surface area contributed by atoms with Crippen molar-refractivity contribution in [3.8, 4) is 0 Å². The number of aliphatic imine (C=N–C) groups is 1. The Morgan fingerprint density at radius 3 is 2.72 bits per heavy atom. The van der Waals surface area contributed by atoms with E-state index in [1.807, 2.05) is 32.4 Å². The summed E-state index contributed by atoms with van der Waals surface area (Å²) >= 11 is 0.